The van der Waals surface area contributed by atoms with E-state index in [0.717, 1.165) is 44.8 Å². The zero-order valence-electron chi connectivity index (χ0n) is 28.7. The second-order valence-corrected chi connectivity index (χ2v) is 17.3. The Bertz CT molecular complexity index is 1250. The van der Waals surface area contributed by atoms with Crippen molar-refractivity contribution in [2.45, 2.75) is 122 Å². The van der Waals surface area contributed by atoms with Crippen molar-refractivity contribution in [3.05, 3.63) is 0 Å². The average Bonchev–Trinajstić information content (AvgIpc) is 3.37. The fourth-order valence-electron chi connectivity index (χ4n) is 7.14. The van der Waals surface area contributed by atoms with Gasteiger partial charge in [0.15, 0.2) is 0 Å². The van der Waals surface area contributed by atoms with Gasteiger partial charge >= 0.3 is 6.03 Å². The number of nitrogens with zero attached hydrogens (tertiary/aromatic N) is 2. The van der Waals surface area contributed by atoms with Crippen LogP contribution in [0.3, 0.4) is 0 Å². The van der Waals surface area contributed by atoms with Crippen LogP contribution in [0.5, 0.6) is 0 Å². The minimum Gasteiger partial charge on any atom is -0.363 e. The zero-order chi connectivity index (χ0) is 34.6. The van der Waals surface area contributed by atoms with E-state index < -0.39 is 68.6 Å². The van der Waals surface area contributed by atoms with Crippen LogP contribution in [0, 0.1) is 23.2 Å². The number of likely N-dealkylation sites (tertiary alicyclic amines) is 1. The van der Waals surface area contributed by atoms with Gasteiger partial charge in [0, 0.05) is 20.1 Å². The molecular formula is C32H56N6O7S. The van der Waals surface area contributed by atoms with Crippen molar-refractivity contribution >= 4 is 39.6 Å². The molecule has 4 atom stereocenters. The molecule has 14 heteroatoms. The van der Waals surface area contributed by atoms with E-state index in [0.29, 0.717) is 25.7 Å². The number of nitrogens with one attached hydrogen (secondary N) is 3. The quantitative estimate of drug-likeness (QED) is 0.216. The monoisotopic (exact) mass is 668 g/mol. The van der Waals surface area contributed by atoms with E-state index in [1.807, 2.05) is 34.6 Å². The number of primary amides is 1. The Hall–Kier alpha value is -2.74. The first-order chi connectivity index (χ1) is 21.3. The Morgan fingerprint density at radius 3 is 2.07 bits per heavy atom. The maximum atomic E-state index is 14.3. The molecule has 0 radical (unpaired) electrons. The van der Waals surface area contributed by atoms with E-state index in [1.165, 1.54) is 16.3 Å². The van der Waals surface area contributed by atoms with Crippen molar-refractivity contribution in [2.75, 3.05) is 26.4 Å². The van der Waals surface area contributed by atoms with Gasteiger partial charge in [-0.3, -0.25) is 19.2 Å². The van der Waals surface area contributed by atoms with Crippen LogP contribution in [0.25, 0.3) is 0 Å². The van der Waals surface area contributed by atoms with Gasteiger partial charge in [-0.05, 0) is 48.9 Å². The highest BCUT2D eigenvalue weighted by Gasteiger charge is 2.48. The number of likely N-dealkylation sites (N-methyl/N-ethyl adjacent to an activating group) is 1. The fourth-order valence-corrected chi connectivity index (χ4v) is 7.62. The summed E-state index contributed by atoms with van der Waals surface area (Å²) in [5.41, 5.74) is 3.80. The van der Waals surface area contributed by atoms with E-state index in [1.54, 1.807) is 0 Å². The van der Waals surface area contributed by atoms with Crippen LogP contribution in [0.4, 0.5) is 4.79 Å². The molecule has 0 aromatic carbocycles. The third-order valence-electron chi connectivity index (χ3n) is 10.2. The van der Waals surface area contributed by atoms with Crippen LogP contribution in [0.15, 0.2) is 0 Å². The van der Waals surface area contributed by atoms with Crippen molar-refractivity contribution in [3.8, 4) is 0 Å². The molecule has 0 spiro atoms. The number of rotatable bonds is 13. The summed E-state index contributed by atoms with van der Waals surface area (Å²) in [5, 5.41) is 8.70. The normalized spacial score (nSPS) is 23.4. The Morgan fingerprint density at radius 1 is 0.978 bits per heavy atom. The molecule has 1 saturated heterocycles. The number of hydrogen-bond donors (Lipinski definition) is 4. The van der Waals surface area contributed by atoms with Gasteiger partial charge in [-0.2, -0.15) is 0 Å². The minimum atomic E-state index is -3.48. The molecule has 3 fully saturated rings. The third kappa shape index (κ3) is 9.42. The molecule has 13 nitrogen and oxygen atoms in total. The van der Waals surface area contributed by atoms with Crippen LogP contribution in [-0.2, 0) is 29.2 Å². The standard InChI is InChI=1S/C32H56N6O7S/c1-20(2)22-14-17-38(24(22)28(41)34-23(25(39)27(33)40)18-21-12-11-13-21)29(42)26(31(3,4)5)35-30(43)36-32(15-9-8-10-16-32)19-37(6)46(7,44)45/h20-24,26H,8-19H2,1-7H3,(H2,33,40)(H,34,41)(H2,35,36,43)/t22?,23?,24-,26+/m0/s1. The van der Waals surface area contributed by atoms with Gasteiger partial charge in [0.05, 0.1) is 17.8 Å². The van der Waals surface area contributed by atoms with Crippen molar-refractivity contribution < 1.29 is 32.4 Å². The number of carbonyl (C=O) groups excluding carboxylic acids is 5. The molecule has 1 aliphatic heterocycles. The summed E-state index contributed by atoms with van der Waals surface area (Å²) < 4.78 is 25.7. The van der Waals surface area contributed by atoms with E-state index >= 15 is 0 Å². The first kappa shape index (κ1) is 37.7. The Balaban J connectivity index is 1.84. The molecule has 5 amide bonds. The van der Waals surface area contributed by atoms with Gasteiger partial charge in [0.1, 0.15) is 12.1 Å². The van der Waals surface area contributed by atoms with Crippen molar-refractivity contribution in [3.63, 3.8) is 0 Å². The Morgan fingerprint density at radius 2 is 1.59 bits per heavy atom. The number of hydrogen-bond acceptors (Lipinski definition) is 7. The number of Topliss-reactive ketones (excluding diaryl/α,β-unsaturated/α-hetero) is 1. The maximum Gasteiger partial charge on any atom is 0.315 e. The SMILES string of the molecule is CC(C)C1CCN(C(=O)[C@@H](NC(=O)NC2(CN(C)S(C)(=O)=O)CCCCC2)C(C)(C)C)[C@@H]1C(=O)NC(CC1CCC1)C(=O)C(N)=O. The number of amides is 5. The fraction of sp³-hybridized carbons (Fsp3) is 0.844. The van der Waals surface area contributed by atoms with E-state index in [2.05, 4.69) is 16.0 Å². The van der Waals surface area contributed by atoms with Crippen molar-refractivity contribution in [2.24, 2.45) is 28.9 Å². The Kier molecular flexibility index (Phi) is 12.3. The summed E-state index contributed by atoms with van der Waals surface area (Å²) in [6.07, 6.45) is 8.72. The summed E-state index contributed by atoms with van der Waals surface area (Å²) >= 11 is 0. The highest BCUT2D eigenvalue weighted by molar-refractivity contribution is 7.88. The minimum absolute atomic E-state index is 0.0350. The topological polar surface area (TPSA) is 188 Å². The van der Waals surface area contributed by atoms with Gasteiger partial charge in [0.25, 0.3) is 5.91 Å². The van der Waals surface area contributed by atoms with E-state index in [-0.39, 0.29) is 30.8 Å². The lowest BCUT2D eigenvalue weighted by molar-refractivity contribution is -0.144. The lowest BCUT2D eigenvalue weighted by Gasteiger charge is -2.41. The second kappa shape index (κ2) is 15.0. The molecule has 3 rings (SSSR count). The molecule has 5 N–H and O–H groups in total. The summed E-state index contributed by atoms with van der Waals surface area (Å²) in [5.74, 6) is -2.84. The number of carbonyl (C=O) groups is 5. The van der Waals surface area contributed by atoms with Crippen LogP contribution in [-0.4, -0.2) is 97.2 Å². The van der Waals surface area contributed by atoms with Crippen molar-refractivity contribution in [1.29, 1.82) is 0 Å². The predicted octanol–water partition coefficient (Wildman–Crippen LogP) is 1.90. The second-order valence-electron chi connectivity index (χ2n) is 15.3. The maximum absolute atomic E-state index is 14.3. The summed E-state index contributed by atoms with van der Waals surface area (Å²) in [4.78, 5) is 67.9. The molecule has 2 aliphatic carbocycles. The average molecular weight is 669 g/mol. The molecule has 0 bridgehead atoms. The third-order valence-corrected chi connectivity index (χ3v) is 11.5. The smallest absolute Gasteiger partial charge is 0.315 e. The highest BCUT2D eigenvalue weighted by atomic mass is 32.2. The zero-order valence-corrected chi connectivity index (χ0v) is 29.5. The summed E-state index contributed by atoms with van der Waals surface area (Å²) in [6.45, 7) is 9.84. The predicted molar refractivity (Wildman–Crippen MR) is 175 cm³/mol. The molecule has 0 aromatic rings. The number of nitrogens with two attached hydrogens (primary N) is 1. The molecule has 1 heterocycles. The van der Waals surface area contributed by atoms with Gasteiger partial charge in [-0.25, -0.2) is 17.5 Å². The van der Waals surface area contributed by atoms with Crippen molar-refractivity contribution in [1.82, 2.24) is 25.2 Å². The summed E-state index contributed by atoms with van der Waals surface area (Å²) in [6, 6.07) is -3.55. The first-order valence-electron chi connectivity index (χ1n) is 16.7. The molecule has 3 aliphatic rings. The molecule has 2 saturated carbocycles. The number of ketones is 1. The highest BCUT2D eigenvalue weighted by Crippen LogP contribution is 2.35. The van der Waals surface area contributed by atoms with Gasteiger partial charge < -0.3 is 26.6 Å². The Labute approximate surface area is 274 Å². The molecule has 46 heavy (non-hydrogen) atoms. The van der Waals surface area contributed by atoms with Crippen LogP contribution >= 0.6 is 0 Å². The van der Waals surface area contributed by atoms with Gasteiger partial charge in [-0.1, -0.05) is 73.1 Å². The van der Waals surface area contributed by atoms with Gasteiger partial charge in [-0.15, -0.1) is 0 Å². The van der Waals surface area contributed by atoms with Crippen LogP contribution in [0.1, 0.15) is 98.8 Å². The van der Waals surface area contributed by atoms with Crippen LogP contribution < -0.4 is 21.7 Å². The molecule has 0 aromatic heterocycles. The van der Waals surface area contributed by atoms with Crippen LogP contribution in [0.2, 0.25) is 0 Å². The van der Waals surface area contributed by atoms with E-state index in [4.69, 9.17) is 5.73 Å². The van der Waals surface area contributed by atoms with Gasteiger partial charge in [0.2, 0.25) is 27.6 Å². The molecule has 262 valence electrons. The lowest BCUT2D eigenvalue weighted by atomic mass is 9.80. The molecular weight excluding hydrogens is 612 g/mol. The lowest BCUT2D eigenvalue weighted by Crippen LogP contribution is -2.64. The number of sulfonamides is 1. The largest absolute Gasteiger partial charge is 0.363 e. The molecule has 2 unspecified atom stereocenters. The first-order valence-corrected chi connectivity index (χ1v) is 18.5. The number of urea groups is 1. The summed E-state index contributed by atoms with van der Waals surface area (Å²) in [7, 11) is -1.99. The van der Waals surface area contributed by atoms with E-state index in [9.17, 15) is 32.4 Å².